The van der Waals surface area contributed by atoms with Crippen molar-refractivity contribution in [1.82, 2.24) is 0 Å². The molecule has 0 aromatic heterocycles. The van der Waals surface area contributed by atoms with Gasteiger partial charge in [-0.1, -0.05) is 0 Å². The molecule has 1 aliphatic carbocycles. The Kier molecular flexibility index (Phi) is 1.55. The summed E-state index contributed by atoms with van der Waals surface area (Å²) in [6.07, 6.45) is 7.91. The smallest absolute Gasteiger partial charge is 0.0677 e. The molecular formula is C7H10O. The van der Waals surface area contributed by atoms with Gasteiger partial charge in [0.2, 0.25) is 0 Å². The van der Waals surface area contributed by atoms with E-state index in [1.165, 1.54) is 0 Å². The Morgan fingerprint density at radius 3 is 2.50 bits per heavy atom. The third kappa shape index (κ3) is 0.850. The summed E-state index contributed by atoms with van der Waals surface area (Å²) in [4.78, 5) is 0. The van der Waals surface area contributed by atoms with Crippen LogP contribution in [-0.2, 0) is 0 Å². The summed E-state index contributed by atoms with van der Waals surface area (Å²) < 4.78 is 0. The molecule has 0 bridgehead atoms. The molecule has 0 aliphatic heterocycles. The number of aliphatic hydroxyl groups is 1. The van der Waals surface area contributed by atoms with Crippen LogP contribution in [0.1, 0.15) is 19.3 Å². The van der Waals surface area contributed by atoms with Gasteiger partial charge < -0.3 is 5.11 Å². The van der Waals surface area contributed by atoms with Gasteiger partial charge in [-0.2, -0.15) is 0 Å². The van der Waals surface area contributed by atoms with Gasteiger partial charge in [-0.25, -0.2) is 0 Å². The van der Waals surface area contributed by atoms with Gasteiger partial charge in [0.1, 0.15) is 0 Å². The van der Waals surface area contributed by atoms with Crippen LogP contribution in [0.15, 0.2) is 0 Å². The van der Waals surface area contributed by atoms with E-state index in [1.54, 1.807) is 0 Å². The van der Waals surface area contributed by atoms with E-state index < -0.39 is 0 Å². The highest BCUT2D eigenvalue weighted by molar-refractivity contribution is 4.99. The summed E-state index contributed by atoms with van der Waals surface area (Å²) in [6, 6.07) is 0. The third-order valence-electron chi connectivity index (χ3n) is 1.69. The topological polar surface area (TPSA) is 20.2 Å². The van der Waals surface area contributed by atoms with Gasteiger partial charge in [-0.05, 0) is 19.3 Å². The van der Waals surface area contributed by atoms with Gasteiger partial charge in [-0.3, -0.25) is 0 Å². The molecule has 0 spiro atoms. The van der Waals surface area contributed by atoms with E-state index in [0.29, 0.717) is 0 Å². The summed E-state index contributed by atoms with van der Waals surface area (Å²) in [6.45, 7) is 0. The fourth-order valence-corrected chi connectivity index (χ4v) is 1.13. The summed E-state index contributed by atoms with van der Waals surface area (Å²) in [5, 5.41) is 9.05. The van der Waals surface area contributed by atoms with Crippen LogP contribution in [0, 0.1) is 18.3 Å². The Morgan fingerprint density at radius 2 is 2.25 bits per heavy atom. The van der Waals surface area contributed by atoms with Crippen molar-refractivity contribution in [3.63, 3.8) is 0 Å². The molecule has 1 aliphatic rings. The first kappa shape index (κ1) is 5.65. The van der Waals surface area contributed by atoms with Gasteiger partial charge in [-0.15, -0.1) is 12.3 Å². The molecule has 2 atom stereocenters. The minimum atomic E-state index is -0.208. The van der Waals surface area contributed by atoms with Crippen molar-refractivity contribution >= 4 is 0 Å². The molecule has 8 heavy (non-hydrogen) atoms. The number of hydrogen-bond acceptors (Lipinski definition) is 1. The zero-order valence-corrected chi connectivity index (χ0v) is 4.80. The van der Waals surface area contributed by atoms with Crippen LogP contribution >= 0.6 is 0 Å². The van der Waals surface area contributed by atoms with Gasteiger partial charge in [0.25, 0.3) is 0 Å². The van der Waals surface area contributed by atoms with Crippen LogP contribution in [0.5, 0.6) is 0 Å². The quantitative estimate of drug-likeness (QED) is 0.457. The van der Waals surface area contributed by atoms with E-state index in [2.05, 4.69) is 5.92 Å². The predicted octanol–water partition coefficient (Wildman–Crippen LogP) is 0.781. The molecule has 1 heteroatoms. The molecule has 0 aromatic rings. The Hall–Kier alpha value is -0.480. The molecular weight excluding hydrogens is 100 g/mol. The number of aliphatic hydroxyl groups excluding tert-OH is 1. The van der Waals surface area contributed by atoms with E-state index in [9.17, 15) is 0 Å². The second-order valence-electron chi connectivity index (χ2n) is 2.27. The highest BCUT2D eigenvalue weighted by Crippen LogP contribution is 2.23. The SMILES string of the molecule is C#C[C@H]1CCC[C@H]1O. The predicted molar refractivity (Wildman–Crippen MR) is 32.2 cm³/mol. The Bertz CT molecular complexity index is 112. The van der Waals surface area contributed by atoms with Gasteiger partial charge in [0.05, 0.1) is 6.10 Å². The molecule has 1 N–H and O–H groups in total. The average Bonchev–Trinajstić information content (AvgIpc) is 2.14. The molecule has 0 heterocycles. The lowest BCUT2D eigenvalue weighted by Crippen LogP contribution is -2.09. The second-order valence-corrected chi connectivity index (χ2v) is 2.27. The fraction of sp³-hybridized carbons (Fsp3) is 0.714. The van der Waals surface area contributed by atoms with Crippen molar-refractivity contribution in [3.8, 4) is 12.3 Å². The normalized spacial score (nSPS) is 37.0. The zero-order chi connectivity index (χ0) is 5.98. The lowest BCUT2D eigenvalue weighted by atomic mass is 10.1. The third-order valence-corrected chi connectivity index (χ3v) is 1.69. The van der Waals surface area contributed by atoms with Crippen molar-refractivity contribution in [1.29, 1.82) is 0 Å². The first-order valence-electron chi connectivity index (χ1n) is 2.99. The first-order valence-corrected chi connectivity index (χ1v) is 2.99. The first-order chi connectivity index (χ1) is 3.84. The molecule has 1 saturated carbocycles. The van der Waals surface area contributed by atoms with Crippen molar-refractivity contribution in [3.05, 3.63) is 0 Å². The maximum atomic E-state index is 9.05. The van der Waals surface area contributed by atoms with E-state index in [1.807, 2.05) is 0 Å². The van der Waals surface area contributed by atoms with Crippen LogP contribution in [-0.4, -0.2) is 11.2 Å². The largest absolute Gasteiger partial charge is 0.392 e. The Balaban J connectivity index is 2.45. The standard InChI is InChI=1S/C7H10O/c1-2-6-4-3-5-7(6)8/h1,6-8H,3-5H2/t6-,7+/m0/s1. The lowest BCUT2D eigenvalue weighted by Gasteiger charge is -2.03. The Morgan fingerprint density at radius 1 is 1.50 bits per heavy atom. The molecule has 0 amide bonds. The molecule has 1 rings (SSSR count). The maximum Gasteiger partial charge on any atom is 0.0677 e. The fourth-order valence-electron chi connectivity index (χ4n) is 1.13. The molecule has 1 fully saturated rings. The molecule has 1 nitrogen and oxygen atoms in total. The summed E-state index contributed by atoms with van der Waals surface area (Å²) >= 11 is 0. The maximum absolute atomic E-state index is 9.05. The van der Waals surface area contributed by atoms with Crippen molar-refractivity contribution in [2.45, 2.75) is 25.4 Å². The Labute approximate surface area is 49.7 Å². The van der Waals surface area contributed by atoms with Gasteiger partial charge in [0.15, 0.2) is 0 Å². The minimum absolute atomic E-state index is 0.148. The van der Waals surface area contributed by atoms with Gasteiger partial charge in [0, 0.05) is 5.92 Å². The van der Waals surface area contributed by atoms with Crippen molar-refractivity contribution in [2.75, 3.05) is 0 Å². The molecule has 0 aromatic carbocycles. The summed E-state index contributed by atoms with van der Waals surface area (Å²) in [5.41, 5.74) is 0. The number of hydrogen-bond donors (Lipinski definition) is 1. The lowest BCUT2D eigenvalue weighted by molar-refractivity contribution is 0.157. The average molecular weight is 110 g/mol. The number of rotatable bonds is 0. The number of terminal acetylenes is 1. The van der Waals surface area contributed by atoms with Crippen LogP contribution in [0.25, 0.3) is 0 Å². The van der Waals surface area contributed by atoms with E-state index >= 15 is 0 Å². The molecule has 44 valence electrons. The van der Waals surface area contributed by atoms with Crippen LogP contribution < -0.4 is 0 Å². The van der Waals surface area contributed by atoms with Crippen LogP contribution in [0.2, 0.25) is 0 Å². The highest BCUT2D eigenvalue weighted by atomic mass is 16.3. The summed E-state index contributed by atoms with van der Waals surface area (Å²) in [7, 11) is 0. The minimum Gasteiger partial charge on any atom is -0.392 e. The zero-order valence-electron chi connectivity index (χ0n) is 4.80. The van der Waals surface area contributed by atoms with Crippen LogP contribution in [0.3, 0.4) is 0 Å². The highest BCUT2D eigenvalue weighted by Gasteiger charge is 2.22. The molecule has 0 unspecified atom stereocenters. The van der Waals surface area contributed by atoms with Gasteiger partial charge >= 0.3 is 0 Å². The summed E-state index contributed by atoms with van der Waals surface area (Å²) in [5.74, 6) is 2.71. The van der Waals surface area contributed by atoms with E-state index in [4.69, 9.17) is 11.5 Å². The molecule has 0 saturated heterocycles. The molecule has 0 radical (unpaired) electrons. The monoisotopic (exact) mass is 110 g/mol. The second kappa shape index (κ2) is 2.19. The van der Waals surface area contributed by atoms with Crippen LogP contribution in [0.4, 0.5) is 0 Å². The van der Waals surface area contributed by atoms with E-state index in [-0.39, 0.29) is 12.0 Å². The van der Waals surface area contributed by atoms with Crippen molar-refractivity contribution < 1.29 is 5.11 Å². The van der Waals surface area contributed by atoms with E-state index in [0.717, 1.165) is 19.3 Å². The van der Waals surface area contributed by atoms with Crippen molar-refractivity contribution in [2.24, 2.45) is 5.92 Å².